The fourth-order valence-corrected chi connectivity index (χ4v) is 4.06. The van der Waals surface area contributed by atoms with Crippen LogP contribution in [0.4, 0.5) is 17.2 Å². The standard InChI is InChI=1S/C19H17N3O2S/c23-25(24,17-7-2-1-3-8-17)21-16-10-11-19(20-14-16)22-13-12-15-6-4-5-9-18(15)22/h1-11,14,21H,12-13H2. The highest BCUT2D eigenvalue weighted by atomic mass is 32.2. The smallest absolute Gasteiger partial charge is 0.261 e. The second-order valence-corrected chi connectivity index (χ2v) is 7.54. The third-order valence-electron chi connectivity index (χ3n) is 4.22. The number of para-hydroxylation sites is 1. The molecule has 1 aromatic heterocycles. The van der Waals surface area contributed by atoms with Crippen molar-refractivity contribution in [1.29, 1.82) is 0 Å². The minimum absolute atomic E-state index is 0.229. The molecule has 0 saturated heterocycles. The quantitative estimate of drug-likeness (QED) is 0.780. The molecule has 4 rings (SSSR count). The van der Waals surface area contributed by atoms with Crippen molar-refractivity contribution in [3.63, 3.8) is 0 Å². The van der Waals surface area contributed by atoms with Gasteiger partial charge in [-0.2, -0.15) is 0 Å². The molecule has 126 valence electrons. The number of rotatable bonds is 4. The second-order valence-electron chi connectivity index (χ2n) is 5.85. The lowest BCUT2D eigenvalue weighted by atomic mass is 10.2. The molecule has 2 heterocycles. The second kappa shape index (κ2) is 6.22. The monoisotopic (exact) mass is 351 g/mol. The summed E-state index contributed by atoms with van der Waals surface area (Å²) >= 11 is 0. The molecule has 1 aliphatic rings. The van der Waals surface area contributed by atoms with Gasteiger partial charge in [0.05, 0.1) is 16.8 Å². The van der Waals surface area contributed by atoms with Gasteiger partial charge >= 0.3 is 0 Å². The first kappa shape index (κ1) is 15.7. The largest absolute Gasteiger partial charge is 0.326 e. The molecule has 3 aromatic rings. The van der Waals surface area contributed by atoms with Gasteiger partial charge < -0.3 is 4.90 Å². The van der Waals surface area contributed by atoms with Crippen LogP contribution in [-0.4, -0.2) is 19.9 Å². The lowest BCUT2D eigenvalue weighted by Gasteiger charge is -2.18. The molecule has 25 heavy (non-hydrogen) atoms. The Bertz CT molecular complexity index is 987. The number of hydrogen-bond acceptors (Lipinski definition) is 4. The molecule has 0 aliphatic carbocycles. The number of aromatic nitrogens is 1. The summed E-state index contributed by atoms with van der Waals surface area (Å²) in [4.78, 5) is 6.81. The van der Waals surface area contributed by atoms with Gasteiger partial charge in [-0.25, -0.2) is 13.4 Å². The summed E-state index contributed by atoms with van der Waals surface area (Å²) in [6.07, 6.45) is 2.54. The molecule has 0 radical (unpaired) electrons. The van der Waals surface area contributed by atoms with Crippen molar-refractivity contribution in [3.8, 4) is 0 Å². The van der Waals surface area contributed by atoms with Crippen molar-refractivity contribution < 1.29 is 8.42 Å². The van der Waals surface area contributed by atoms with Crippen LogP contribution in [0.25, 0.3) is 0 Å². The van der Waals surface area contributed by atoms with E-state index < -0.39 is 10.0 Å². The van der Waals surface area contributed by atoms with Gasteiger partial charge in [0.15, 0.2) is 0 Å². The first-order valence-electron chi connectivity index (χ1n) is 8.03. The molecule has 0 bridgehead atoms. The van der Waals surface area contributed by atoms with E-state index in [-0.39, 0.29) is 4.90 Å². The summed E-state index contributed by atoms with van der Waals surface area (Å²) in [6.45, 7) is 0.876. The van der Waals surface area contributed by atoms with Crippen LogP contribution >= 0.6 is 0 Å². The zero-order valence-corrected chi connectivity index (χ0v) is 14.3. The summed E-state index contributed by atoms with van der Waals surface area (Å²) in [5, 5.41) is 0. The number of sulfonamides is 1. The SMILES string of the molecule is O=S(=O)(Nc1ccc(N2CCc3ccccc32)nc1)c1ccccc1. The maximum absolute atomic E-state index is 12.4. The molecular formula is C19H17N3O2S. The molecular weight excluding hydrogens is 334 g/mol. The van der Waals surface area contributed by atoms with E-state index in [1.165, 1.54) is 5.56 Å². The van der Waals surface area contributed by atoms with E-state index in [9.17, 15) is 8.42 Å². The van der Waals surface area contributed by atoms with E-state index in [4.69, 9.17) is 0 Å². The maximum Gasteiger partial charge on any atom is 0.261 e. The fourth-order valence-electron chi connectivity index (χ4n) is 3.00. The minimum Gasteiger partial charge on any atom is -0.326 e. The molecule has 0 amide bonds. The van der Waals surface area contributed by atoms with E-state index in [1.54, 1.807) is 42.6 Å². The molecule has 6 heteroatoms. The van der Waals surface area contributed by atoms with Gasteiger partial charge in [0.25, 0.3) is 10.0 Å². The number of benzene rings is 2. The van der Waals surface area contributed by atoms with Gasteiger partial charge in [0.1, 0.15) is 5.82 Å². The summed E-state index contributed by atoms with van der Waals surface area (Å²) in [6, 6.07) is 20.1. The first-order chi connectivity index (χ1) is 12.1. The van der Waals surface area contributed by atoms with Gasteiger partial charge in [0.2, 0.25) is 0 Å². The van der Waals surface area contributed by atoms with Crippen molar-refractivity contribution in [2.24, 2.45) is 0 Å². The average Bonchev–Trinajstić information content (AvgIpc) is 3.07. The summed E-state index contributed by atoms with van der Waals surface area (Å²) in [5.41, 5.74) is 2.91. The number of nitrogens with one attached hydrogen (secondary N) is 1. The fraction of sp³-hybridized carbons (Fsp3) is 0.105. The zero-order valence-electron chi connectivity index (χ0n) is 13.5. The van der Waals surface area contributed by atoms with Crippen molar-refractivity contribution in [2.45, 2.75) is 11.3 Å². The van der Waals surface area contributed by atoms with Crippen LogP contribution in [-0.2, 0) is 16.4 Å². The summed E-state index contributed by atoms with van der Waals surface area (Å²) < 4.78 is 27.3. The highest BCUT2D eigenvalue weighted by Crippen LogP contribution is 2.33. The predicted octanol–water partition coefficient (Wildman–Crippen LogP) is 3.58. The summed E-state index contributed by atoms with van der Waals surface area (Å²) in [7, 11) is -3.60. The zero-order chi connectivity index (χ0) is 17.3. The van der Waals surface area contributed by atoms with Crippen molar-refractivity contribution in [2.75, 3.05) is 16.2 Å². The highest BCUT2D eigenvalue weighted by molar-refractivity contribution is 7.92. The van der Waals surface area contributed by atoms with Crippen LogP contribution in [0.3, 0.4) is 0 Å². The molecule has 2 aromatic carbocycles. The van der Waals surface area contributed by atoms with Crippen LogP contribution in [0.5, 0.6) is 0 Å². The van der Waals surface area contributed by atoms with Crippen LogP contribution < -0.4 is 9.62 Å². The number of fused-ring (bicyclic) bond motifs is 1. The molecule has 0 unspecified atom stereocenters. The van der Waals surface area contributed by atoms with Gasteiger partial charge in [-0.1, -0.05) is 36.4 Å². The number of nitrogens with zero attached hydrogens (tertiary/aromatic N) is 2. The molecule has 5 nitrogen and oxygen atoms in total. The van der Waals surface area contributed by atoms with Gasteiger partial charge in [0, 0.05) is 12.2 Å². The normalized spacial score (nSPS) is 13.5. The Balaban J connectivity index is 1.56. The van der Waals surface area contributed by atoms with E-state index >= 15 is 0 Å². The first-order valence-corrected chi connectivity index (χ1v) is 9.51. The lowest BCUT2D eigenvalue weighted by molar-refractivity contribution is 0.601. The molecule has 0 fully saturated rings. The molecule has 1 N–H and O–H groups in total. The minimum atomic E-state index is -3.60. The van der Waals surface area contributed by atoms with Crippen LogP contribution in [0.2, 0.25) is 0 Å². The Morgan fingerprint density at radius 2 is 1.68 bits per heavy atom. The van der Waals surface area contributed by atoms with E-state index in [0.717, 1.165) is 24.5 Å². The Morgan fingerprint density at radius 3 is 2.44 bits per heavy atom. The van der Waals surface area contributed by atoms with Gasteiger partial charge in [-0.3, -0.25) is 4.72 Å². The lowest BCUT2D eigenvalue weighted by Crippen LogP contribution is -2.16. The van der Waals surface area contributed by atoms with E-state index in [2.05, 4.69) is 26.7 Å². The Labute approximate surface area is 147 Å². The third-order valence-corrected chi connectivity index (χ3v) is 5.61. The predicted molar refractivity (Wildman–Crippen MR) is 98.6 cm³/mol. The van der Waals surface area contributed by atoms with Crippen molar-refractivity contribution >= 4 is 27.2 Å². The summed E-state index contributed by atoms with van der Waals surface area (Å²) in [5.74, 6) is 0.813. The molecule has 1 aliphatic heterocycles. The van der Waals surface area contributed by atoms with E-state index in [0.29, 0.717) is 5.69 Å². The van der Waals surface area contributed by atoms with Crippen LogP contribution in [0.15, 0.2) is 77.8 Å². The van der Waals surface area contributed by atoms with Crippen molar-refractivity contribution in [1.82, 2.24) is 4.98 Å². The highest BCUT2D eigenvalue weighted by Gasteiger charge is 2.21. The number of pyridine rings is 1. The third kappa shape index (κ3) is 3.08. The van der Waals surface area contributed by atoms with Crippen molar-refractivity contribution in [3.05, 3.63) is 78.5 Å². The molecule has 0 atom stereocenters. The Hall–Kier alpha value is -2.86. The van der Waals surface area contributed by atoms with Crippen LogP contribution in [0, 0.1) is 0 Å². The van der Waals surface area contributed by atoms with Crippen LogP contribution in [0.1, 0.15) is 5.56 Å². The molecule has 0 saturated carbocycles. The maximum atomic E-state index is 12.4. The molecule has 0 spiro atoms. The average molecular weight is 351 g/mol. The Morgan fingerprint density at radius 1 is 0.920 bits per heavy atom. The van der Waals surface area contributed by atoms with Gasteiger partial charge in [-0.15, -0.1) is 0 Å². The number of hydrogen-bond donors (Lipinski definition) is 1. The number of anilines is 3. The Kier molecular flexibility index (Phi) is 3.89. The van der Waals surface area contributed by atoms with E-state index in [1.807, 2.05) is 18.2 Å². The topological polar surface area (TPSA) is 62.3 Å². The van der Waals surface area contributed by atoms with Gasteiger partial charge in [-0.05, 0) is 42.3 Å².